The van der Waals surface area contributed by atoms with E-state index in [-0.39, 0.29) is 5.75 Å². The number of nitrogen functional groups attached to an aromatic ring is 1. The molecule has 0 spiro atoms. The molecular formula is C14H14FNOS. The molecule has 2 aromatic carbocycles. The van der Waals surface area contributed by atoms with Crippen LogP contribution in [0.15, 0.2) is 47.4 Å². The minimum absolute atomic E-state index is 0.0992. The van der Waals surface area contributed by atoms with Crippen molar-refractivity contribution in [3.05, 3.63) is 59.4 Å². The molecule has 94 valence electrons. The average molecular weight is 263 g/mol. The van der Waals surface area contributed by atoms with Gasteiger partial charge in [-0.15, -0.1) is 0 Å². The van der Waals surface area contributed by atoms with Gasteiger partial charge in [-0.25, -0.2) is 4.39 Å². The molecule has 0 heterocycles. The van der Waals surface area contributed by atoms with Gasteiger partial charge in [0.2, 0.25) is 0 Å². The van der Waals surface area contributed by atoms with Crippen LogP contribution in [0, 0.1) is 12.7 Å². The highest BCUT2D eigenvalue weighted by Gasteiger charge is 2.11. The van der Waals surface area contributed by atoms with Crippen molar-refractivity contribution in [2.24, 2.45) is 0 Å². The molecule has 0 aliphatic heterocycles. The van der Waals surface area contributed by atoms with E-state index < -0.39 is 16.6 Å². The van der Waals surface area contributed by atoms with Crippen molar-refractivity contribution in [1.29, 1.82) is 0 Å². The summed E-state index contributed by atoms with van der Waals surface area (Å²) in [5.74, 6) is -0.307. The van der Waals surface area contributed by atoms with E-state index in [1.807, 2.05) is 25.1 Å². The topological polar surface area (TPSA) is 43.1 Å². The zero-order valence-electron chi connectivity index (χ0n) is 10.0. The van der Waals surface area contributed by atoms with Crippen LogP contribution >= 0.6 is 0 Å². The molecule has 0 bridgehead atoms. The summed E-state index contributed by atoms with van der Waals surface area (Å²) in [4.78, 5) is 0.692. The maximum atomic E-state index is 13.6. The molecule has 1 unspecified atom stereocenters. The summed E-state index contributed by atoms with van der Waals surface area (Å²) in [7, 11) is -1.29. The summed E-state index contributed by atoms with van der Waals surface area (Å²) in [6.07, 6.45) is 0. The smallest absolute Gasteiger partial charge is 0.129 e. The summed E-state index contributed by atoms with van der Waals surface area (Å²) in [5.41, 5.74) is 7.39. The largest absolute Gasteiger partial charge is 0.398 e. The number of benzene rings is 2. The van der Waals surface area contributed by atoms with E-state index in [1.54, 1.807) is 18.2 Å². The molecule has 2 nitrogen and oxygen atoms in total. The fourth-order valence-electron chi connectivity index (χ4n) is 1.70. The third kappa shape index (κ3) is 2.76. The normalized spacial score (nSPS) is 12.3. The molecule has 0 radical (unpaired) electrons. The van der Waals surface area contributed by atoms with Crippen LogP contribution in [0.3, 0.4) is 0 Å². The van der Waals surface area contributed by atoms with Crippen molar-refractivity contribution in [2.75, 3.05) is 5.73 Å². The Morgan fingerprint density at radius 2 is 1.94 bits per heavy atom. The van der Waals surface area contributed by atoms with Gasteiger partial charge in [0.15, 0.2) is 0 Å². The minimum Gasteiger partial charge on any atom is -0.398 e. The van der Waals surface area contributed by atoms with Crippen LogP contribution in [-0.4, -0.2) is 4.21 Å². The lowest BCUT2D eigenvalue weighted by Gasteiger charge is -2.07. The number of hydrogen-bond donors (Lipinski definition) is 1. The SMILES string of the molecule is Cc1cccc(S(=O)Cc2c(N)cccc2F)c1. The van der Waals surface area contributed by atoms with Crippen LogP contribution in [0.5, 0.6) is 0 Å². The van der Waals surface area contributed by atoms with Gasteiger partial charge in [-0.3, -0.25) is 4.21 Å². The van der Waals surface area contributed by atoms with Crippen molar-refractivity contribution in [2.45, 2.75) is 17.6 Å². The zero-order chi connectivity index (χ0) is 13.1. The lowest BCUT2D eigenvalue weighted by atomic mass is 10.2. The molecule has 0 saturated carbocycles. The second kappa shape index (κ2) is 5.31. The quantitative estimate of drug-likeness (QED) is 0.865. The van der Waals surface area contributed by atoms with Gasteiger partial charge in [0.25, 0.3) is 0 Å². The summed E-state index contributed by atoms with van der Waals surface area (Å²) in [6.45, 7) is 1.93. The molecule has 0 fully saturated rings. The highest BCUT2D eigenvalue weighted by atomic mass is 32.2. The first-order valence-electron chi connectivity index (χ1n) is 5.56. The van der Waals surface area contributed by atoms with Gasteiger partial charge in [0.05, 0.1) is 16.6 Å². The molecule has 0 saturated heterocycles. The Bertz CT molecular complexity index is 578. The predicted molar refractivity (Wildman–Crippen MR) is 72.1 cm³/mol. The summed E-state index contributed by atoms with van der Waals surface area (Å²) in [6, 6.07) is 11.9. The van der Waals surface area contributed by atoms with E-state index >= 15 is 0 Å². The molecule has 2 aromatic rings. The Balaban J connectivity index is 2.27. The van der Waals surface area contributed by atoms with Gasteiger partial charge in [-0.05, 0) is 36.8 Å². The van der Waals surface area contributed by atoms with E-state index in [4.69, 9.17) is 5.73 Å². The van der Waals surface area contributed by atoms with Gasteiger partial charge < -0.3 is 5.73 Å². The van der Waals surface area contributed by atoms with E-state index in [0.717, 1.165) is 5.56 Å². The molecule has 0 amide bonds. The summed E-state index contributed by atoms with van der Waals surface area (Å²) in [5, 5.41) is 0. The van der Waals surface area contributed by atoms with Gasteiger partial charge in [0, 0.05) is 16.1 Å². The lowest BCUT2D eigenvalue weighted by molar-refractivity contribution is 0.616. The van der Waals surface area contributed by atoms with Crippen LogP contribution in [0.2, 0.25) is 0 Å². The maximum absolute atomic E-state index is 13.6. The van der Waals surface area contributed by atoms with Crippen molar-refractivity contribution in [3.8, 4) is 0 Å². The van der Waals surface area contributed by atoms with Crippen molar-refractivity contribution in [1.82, 2.24) is 0 Å². The van der Waals surface area contributed by atoms with Crippen molar-refractivity contribution in [3.63, 3.8) is 0 Å². The second-order valence-corrected chi connectivity index (χ2v) is 5.57. The van der Waals surface area contributed by atoms with E-state index in [2.05, 4.69) is 0 Å². The lowest BCUT2D eigenvalue weighted by Crippen LogP contribution is -2.03. The average Bonchev–Trinajstić information content (AvgIpc) is 2.34. The van der Waals surface area contributed by atoms with E-state index in [9.17, 15) is 8.60 Å². The first kappa shape index (κ1) is 12.8. The molecule has 18 heavy (non-hydrogen) atoms. The van der Waals surface area contributed by atoms with Crippen LogP contribution < -0.4 is 5.73 Å². The molecule has 0 aliphatic rings. The molecule has 2 rings (SSSR count). The number of nitrogens with two attached hydrogens (primary N) is 1. The van der Waals surface area contributed by atoms with Crippen LogP contribution in [0.1, 0.15) is 11.1 Å². The zero-order valence-corrected chi connectivity index (χ0v) is 10.8. The Morgan fingerprint density at radius 1 is 1.22 bits per heavy atom. The van der Waals surface area contributed by atoms with Gasteiger partial charge in [0.1, 0.15) is 5.82 Å². The Hall–Kier alpha value is -1.68. The van der Waals surface area contributed by atoms with E-state index in [1.165, 1.54) is 6.07 Å². The molecule has 2 N–H and O–H groups in total. The number of hydrogen-bond acceptors (Lipinski definition) is 2. The number of aryl methyl sites for hydroxylation is 1. The highest BCUT2D eigenvalue weighted by molar-refractivity contribution is 7.84. The standard InChI is InChI=1S/C14H14FNOS/c1-10-4-2-5-11(8-10)18(17)9-12-13(15)6-3-7-14(12)16/h2-8H,9,16H2,1H3. The Morgan fingerprint density at radius 3 is 2.61 bits per heavy atom. The number of rotatable bonds is 3. The first-order chi connectivity index (χ1) is 8.58. The fraction of sp³-hybridized carbons (Fsp3) is 0.143. The summed E-state index contributed by atoms with van der Waals surface area (Å²) >= 11 is 0. The van der Waals surface area contributed by atoms with Gasteiger partial charge >= 0.3 is 0 Å². The molecule has 1 atom stereocenters. The fourth-order valence-corrected chi connectivity index (χ4v) is 2.98. The maximum Gasteiger partial charge on any atom is 0.129 e. The van der Waals surface area contributed by atoms with Crippen LogP contribution in [0.25, 0.3) is 0 Å². The molecule has 4 heteroatoms. The third-order valence-electron chi connectivity index (χ3n) is 2.68. The monoisotopic (exact) mass is 263 g/mol. The van der Waals surface area contributed by atoms with Gasteiger partial charge in [-0.2, -0.15) is 0 Å². The third-order valence-corrected chi connectivity index (χ3v) is 4.01. The molecular weight excluding hydrogens is 249 g/mol. The van der Waals surface area contributed by atoms with Crippen molar-refractivity contribution < 1.29 is 8.60 Å². The molecule has 0 aromatic heterocycles. The Labute approximate surface area is 108 Å². The van der Waals surface area contributed by atoms with Crippen LogP contribution in [-0.2, 0) is 16.6 Å². The molecule has 0 aliphatic carbocycles. The second-order valence-electron chi connectivity index (χ2n) is 4.11. The minimum atomic E-state index is -1.29. The number of anilines is 1. The first-order valence-corrected chi connectivity index (χ1v) is 6.87. The summed E-state index contributed by atoms with van der Waals surface area (Å²) < 4.78 is 25.8. The Kier molecular flexibility index (Phi) is 3.77. The van der Waals surface area contributed by atoms with Gasteiger partial charge in [-0.1, -0.05) is 18.2 Å². The highest BCUT2D eigenvalue weighted by Crippen LogP contribution is 2.20. The van der Waals surface area contributed by atoms with Crippen molar-refractivity contribution >= 4 is 16.5 Å². The predicted octanol–water partition coefficient (Wildman–Crippen LogP) is 3.02. The number of halogens is 1. The van der Waals surface area contributed by atoms with E-state index in [0.29, 0.717) is 16.1 Å². The van der Waals surface area contributed by atoms with Crippen LogP contribution in [0.4, 0.5) is 10.1 Å².